The Morgan fingerprint density at radius 3 is 2.00 bits per heavy atom. The van der Waals surface area contributed by atoms with E-state index in [1.165, 1.54) is 24.3 Å². The van der Waals surface area contributed by atoms with Gasteiger partial charge in [-0.2, -0.15) is 8.42 Å². The van der Waals surface area contributed by atoms with E-state index in [-0.39, 0.29) is 22.2 Å². The predicted molar refractivity (Wildman–Crippen MR) is 98.0 cm³/mol. The molecule has 9 heteroatoms. The highest BCUT2D eigenvalue weighted by Crippen LogP contribution is 2.43. The second-order valence-electron chi connectivity index (χ2n) is 5.98. The summed E-state index contributed by atoms with van der Waals surface area (Å²) in [6, 6.07) is 5.59. The first-order valence-electron chi connectivity index (χ1n) is 7.34. The molecule has 0 saturated carbocycles. The molecule has 0 amide bonds. The maximum absolute atomic E-state index is 12.3. The van der Waals surface area contributed by atoms with Crippen molar-refractivity contribution in [1.29, 1.82) is 0 Å². The first kappa shape index (κ1) is 21.1. The van der Waals surface area contributed by atoms with Crippen LogP contribution in [0.3, 0.4) is 0 Å². The number of ketones is 1. The molecule has 0 unspecified atom stereocenters. The molecule has 138 valence electrons. The standard InChI is InChI=1S/C15H24O6S3/c1-5-6-11-24(19,20)21-22(2,3)12-15(16)13-7-9-14(10-8-13)23(4,17)18/h7-10H,5-6,11-12H2,1-4H3. The van der Waals surface area contributed by atoms with Crippen LogP contribution < -0.4 is 0 Å². The molecule has 0 fully saturated rings. The van der Waals surface area contributed by atoms with E-state index < -0.39 is 30.3 Å². The number of carbonyl (C=O) groups is 1. The first-order chi connectivity index (χ1) is 10.9. The second-order valence-corrected chi connectivity index (χ2v) is 13.2. The van der Waals surface area contributed by atoms with Gasteiger partial charge in [0.05, 0.1) is 16.4 Å². The van der Waals surface area contributed by atoms with E-state index in [0.29, 0.717) is 12.0 Å². The fraction of sp³-hybridized carbons (Fsp3) is 0.533. The van der Waals surface area contributed by atoms with Crippen LogP contribution in [0.25, 0.3) is 0 Å². The number of benzene rings is 1. The van der Waals surface area contributed by atoms with Crippen molar-refractivity contribution in [2.45, 2.75) is 24.7 Å². The van der Waals surface area contributed by atoms with Gasteiger partial charge in [0.1, 0.15) is 0 Å². The minimum Gasteiger partial charge on any atom is -0.293 e. The Morgan fingerprint density at radius 1 is 1.00 bits per heavy atom. The van der Waals surface area contributed by atoms with Crippen LogP contribution in [0.5, 0.6) is 0 Å². The lowest BCUT2D eigenvalue weighted by molar-refractivity contribution is 0.102. The summed E-state index contributed by atoms with van der Waals surface area (Å²) in [6.45, 7) is 1.89. The van der Waals surface area contributed by atoms with E-state index in [1.807, 2.05) is 6.92 Å². The molecule has 0 saturated heterocycles. The molecule has 0 atom stereocenters. The van der Waals surface area contributed by atoms with Crippen molar-refractivity contribution in [1.82, 2.24) is 0 Å². The number of Topliss-reactive ketones (excluding diaryl/α,β-unsaturated/α-hetero) is 1. The molecule has 0 radical (unpaired) electrons. The SMILES string of the molecule is CCCCS(=O)(=O)OS(C)(C)CC(=O)c1ccc(S(C)(=O)=O)cc1. The molecule has 0 heterocycles. The van der Waals surface area contributed by atoms with Crippen LogP contribution in [0.15, 0.2) is 29.2 Å². The second kappa shape index (κ2) is 7.99. The van der Waals surface area contributed by atoms with Crippen molar-refractivity contribution >= 4 is 36.0 Å². The maximum atomic E-state index is 12.3. The fourth-order valence-corrected chi connectivity index (χ4v) is 6.73. The predicted octanol–water partition coefficient (Wildman–Crippen LogP) is 2.40. The molecule has 0 spiro atoms. The van der Waals surface area contributed by atoms with Gasteiger partial charge in [0, 0.05) is 11.8 Å². The zero-order valence-electron chi connectivity index (χ0n) is 14.3. The Bertz CT molecular complexity index is 777. The van der Waals surface area contributed by atoms with E-state index in [1.54, 1.807) is 12.5 Å². The quantitative estimate of drug-likeness (QED) is 0.595. The Kier molecular flexibility index (Phi) is 7.04. The van der Waals surface area contributed by atoms with Crippen LogP contribution in [0.1, 0.15) is 30.1 Å². The maximum Gasteiger partial charge on any atom is 0.276 e. The smallest absolute Gasteiger partial charge is 0.276 e. The van der Waals surface area contributed by atoms with Crippen LogP contribution in [0, 0.1) is 0 Å². The van der Waals surface area contributed by atoms with Gasteiger partial charge in [0.25, 0.3) is 10.1 Å². The molecule has 0 aromatic heterocycles. The van der Waals surface area contributed by atoms with Crippen molar-refractivity contribution in [3.05, 3.63) is 29.8 Å². The van der Waals surface area contributed by atoms with Crippen molar-refractivity contribution in [2.24, 2.45) is 0 Å². The Morgan fingerprint density at radius 2 is 1.54 bits per heavy atom. The van der Waals surface area contributed by atoms with Gasteiger partial charge in [-0.15, -0.1) is 10.3 Å². The summed E-state index contributed by atoms with van der Waals surface area (Å²) in [7, 11) is -9.08. The molecular weight excluding hydrogens is 372 g/mol. The third kappa shape index (κ3) is 6.92. The molecule has 0 aliphatic rings. The first-order valence-corrected chi connectivity index (χ1v) is 13.4. The number of rotatable bonds is 9. The van der Waals surface area contributed by atoms with Gasteiger partial charge >= 0.3 is 0 Å². The van der Waals surface area contributed by atoms with Crippen molar-refractivity contribution in [3.63, 3.8) is 0 Å². The number of hydrogen-bond acceptors (Lipinski definition) is 6. The highest BCUT2D eigenvalue weighted by Gasteiger charge is 2.25. The molecular formula is C15H24O6S3. The van der Waals surface area contributed by atoms with Crippen LogP contribution >= 0.6 is 10.3 Å². The summed E-state index contributed by atoms with van der Waals surface area (Å²) in [5, 5.41) is 0. The summed E-state index contributed by atoms with van der Waals surface area (Å²) in [6.07, 6.45) is 5.59. The molecule has 0 N–H and O–H groups in total. The minimum absolute atomic E-state index is 0.0451. The topological polar surface area (TPSA) is 94.6 Å². The number of carbonyl (C=O) groups excluding carboxylic acids is 1. The Labute approximate surface area is 146 Å². The average Bonchev–Trinajstić information content (AvgIpc) is 2.42. The van der Waals surface area contributed by atoms with Crippen LogP contribution in [-0.2, 0) is 23.6 Å². The summed E-state index contributed by atoms with van der Waals surface area (Å²) in [4.78, 5) is 12.4. The van der Waals surface area contributed by atoms with Gasteiger partial charge in [-0.25, -0.2) is 12.0 Å². The highest BCUT2D eigenvalue weighted by molar-refractivity contribution is 8.32. The number of sulfone groups is 1. The Hall–Kier alpha value is -0.900. The van der Waals surface area contributed by atoms with E-state index in [0.717, 1.165) is 12.7 Å². The largest absolute Gasteiger partial charge is 0.293 e. The number of hydrogen-bond donors (Lipinski definition) is 0. The normalized spacial score (nSPS) is 13.7. The summed E-state index contributed by atoms with van der Waals surface area (Å²) >= 11 is 0. The van der Waals surface area contributed by atoms with Crippen LogP contribution in [-0.4, -0.2) is 52.9 Å². The third-order valence-electron chi connectivity index (χ3n) is 3.12. The van der Waals surface area contributed by atoms with Crippen LogP contribution in [0.2, 0.25) is 0 Å². The summed E-state index contributed by atoms with van der Waals surface area (Å²) in [5.41, 5.74) is 0.331. The molecule has 6 nitrogen and oxygen atoms in total. The van der Waals surface area contributed by atoms with Crippen molar-refractivity contribution in [3.8, 4) is 0 Å². The monoisotopic (exact) mass is 396 g/mol. The molecule has 1 aromatic rings. The number of unbranched alkanes of at least 4 members (excludes halogenated alkanes) is 1. The molecule has 0 aliphatic carbocycles. The molecule has 1 rings (SSSR count). The van der Waals surface area contributed by atoms with Gasteiger partial charge in [0.2, 0.25) is 0 Å². The molecule has 1 aromatic carbocycles. The summed E-state index contributed by atoms with van der Waals surface area (Å²) in [5.74, 6) is -0.381. The zero-order valence-corrected chi connectivity index (χ0v) is 16.8. The van der Waals surface area contributed by atoms with E-state index in [2.05, 4.69) is 0 Å². The average molecular weight is 397 g/mol. The molecule has 0 aliphatic heterocycles. The van der Waals surface area contributed by atoms with Crippen LogP contribution in [0.4, 0.5) is 0 Å². The van der Waals surface area contributed by atoms with Gasteiger partial charge in [0.15, 0.2) is 15.6 Å². The lowest BCUT2D eigenvalue weighted by atomic mass is 10.1. The zero-order chi connectivity index (χ0) is 18.6. The Balaban J connectivity index is 2.82. The van der Waals surface area contributed by atoms with Crippen molar-refractivity contribution in [2.75, 3.05) is 30.3 Å². The molecule has 24 heavy (non-hydrogen) atoms. The van der Waals surface area contributed by atoms with Gasteiger partial charge < -0.3 is 0 Å². The van der Waals surface area contributed by atoms with Gasteiger partial charge in [-0.05, 0) is 31.1 Å². The van der Waals surface area contributed by atoms with E-state index in [9.17, 15) is 21.6 Å². The lowest BCUT2D eigenvalue weighted by Gasteiger charge is -2.29. The van der Waals surface area contributed by atoms with Gasteiger partial charge in [-0.3, -0.25) is 4.79 Å². The van der Waals surface area contributed by atoms with E-state index in [4.69, 9.17) is 3.63 Å². The summed E-state index contributed by atoms with van der Waals surface area (Å²) < 4.78 is 51.9. The minimum atomic E-state index is -3.65. The third-order valence-corrected chi connectivity index (χ3v) is 8.30. The van der Waals surface area contributed by atoms with Gasteiger partial charge in [-0.1, -0.05) is 25.5 Å². The van der Waals surface area contributed by atoms with Crippen molar-refractivity contribution < 1.29 is 25.3 Å². The fourth-order valence-electron chi connectivity index (χ4n) is 1.95. The lowest BCUT2D eigenvalue weighted by Crippen LogP contribution is -2.20. The highest BCUT2D eigenvalue weighted by atomic mass is 32.3. The van der Waals surface area contributed by atoms with E-state index >= 15 is 0 Å². The molecule has 0 bridgehead atoms.